The second-order valence-corrected chi connectivity index (χ2v) is 5.71. The van der Waals surface area contributed by atoms with E-state index in [0.29, 0.717) is 11.7 Å². The Bertz CT molecular complexity index is 392. The Kier molecular flexibility index (Phi) is 6.91. The minimum Gasteiger partial charge on any atom is -0.394 e. The molecule has 5 heteroatoms. The number of rotatable bonds is 7. The Hall–Kier alpha value is -1.04. The summed E-state index contributed by atoms with van der Waals surface area (Å²) in [4.78, 5) is 11.6. The molecule has 0 aliphatic heterocycles. The fourth-order valence-corrected chi connectivity index (χ4v) is 2.24. The van der Waals surface area contributed by atoms with Gasteiger partial charge in [-0.25, -0.2) is 0 Å². The van der Waals surface area contributed by atoms with Crippen LogP contribution in [-0.2, 0) is 4.79 Å². The molecule has 1 amide bonds. The van der Waals surface area contributed by atoms with Crippen molar-refractivity contribution >= 4 is 23.4 Å². The number of aliphatic hydroxyl groups is 2. The summed E-state index contributed by atoms with van der Waals surface area (Å²) in [5.74, 6) is 0.992. The highest BCUT2D eigenvalue weighted by Crippen LogP contribution is 2.17. The van der Waals surface area contributed by atoms with E-state index in [1.807, 2.05) is 24.3 Å². The van der Waals surface area contributed by atoms with Gasteiger partial charge in [0.05, 0.1) is 18.5 Å². The fourth-order valence-electron chi connectivity index (χ4n) is 1.49. The van der Waals surface area contributed by atoms with Crippen LogP contribution in [-0.4, -0.2) is 40.3 Å². The molecule has 0 saturated heterocycles. The van der Waals surface area contributed by atoms with Gasteiger partial charge in [-0.15, -0.1) is 11.8 Å². The molecule has 3 N–H and O–H groups in total. The Balaban J connectivity index is 2.36. The van der Waals surface area contributed by atoms with Crippen LogP contribution in [0.3, 0.4) is 0 Å². The first-order valence-corrected chi connectivity index (χ1v) is 7.45. The van der Waals surface area contributed by atoms with Crippen molar-refractivity contribution in [1.82, 2.24) is 0 Å². The number of anilines is 1. The van der Waals surface area contributed by atoms with Gasteiger partial charge in [0, 0.05) is 11.4 Å². The lowest BCUT2D eigenvalue weighted by atomic mass is 10.0. The topological polar surface area (TPSA) is 69.6 Å². The summed E-state index contributed by atoms with van der Waals surface area (Å²) in [6.07, 6.45) is -0.761. The van der Waals surface area contributed by atoms with Gasteiger partial charge < -0.3 is 15.5 Å². The van der Waals surface area contributed by atoms with Crippen molar-refractivity contribution in [2.45, 2.75) is 25.9 Å². The summed E-state index contributed by atoms with van der Waals surface area (Å²) in [6, 6.07) is 7.78. The molecule has 4 nitrogen and oxygen atoms in total. The van der Waals surface area contributed by atoms with Gasteiger partial charge in [-0.3, -0.25) is 4.79 Å². The average molecular weight is 283 g/mol. The Labute approximate surface area is 118 Å². The number of amides is 1. The van der Waals surface area contributed by atoms with Gasteiger partial charge in [-0.05, 0) is 23.6 Å². The van der Waals surface area contributed by atoms with E-state index in [0.717, 1.165) is 5.69 Å². The minimum atomic E-state index is -0.761. The standard InChI is InChI=1S/C14H21NO3S/c1-10(2)11-3-5-12(6-4-11)15-14(18)9-19-8-13(17)7-16/h3-6,10,13,16-17H,7-9H2,1-2H3,(H,15,18). The molecular formula is C14H21NO3S. The second-order valence-electron chi connectivity index (χ2n) is 4.68. The van der Waals surface area contributed by atoms with Crippen molar-refractivity contribution in [2.75, 3.05) is 23.4 Å². The molecule has 1 unspecified atom stereocenters. The Morgan fingerprint density at radius 1 is 1.32 bits per heavy atom. The number of hydrogen-bond donors (Lipinski definition) is 3. The zero-order chi connectivity index (χ0) is 14.3. The number of carbonyl (C=O) groups is 1. The molecule has 1 atom stereocenters. The monoisotopic (exact) mass is 283 g/mol. The highest BCUT2D eigenvalue weighted by atomic mass is 32.2. The van der Waals surface area contributed by atoms with Crippen molar-refractivity contribution in [3.8, 4) is 0 Å². The zero-order valence-corrected chi connectivity index (χ0v) is 12.1. The van der Waals surface area contributed by atoms with Crippen molar-refractivity contribution in [3.05, 3.63) is 29.8 Å². The zero-order valence-electron chi connectivity index (χ0n) is 11.3. The van der Waals surface area contributed by atoms with Crippen LogP contribution >= 0.6 is 11.8 Å². The smallest absolute Gasteiger partial charge is 0.234 e. The second kappa shape index (κ2) is 8.19. The van der Waals surface area contributed by atoms with Crippen molar-refractivity contribution in [1.29, 1.82) is 0 Å². The molecule has 1 aromatic carbocycles. The van der Waals surface area contributed by atoms with Crippen LogP contribution < -0.4 is 5.32 Å². The number of hydrogen-bond acceptors (Lipinski definition) is 4. The van der Waals surface area contributed by atoms with E-state index in [-0.39, 0.29) is 18.3 Å². The number of thioether (sulfide) groups is 1. The Morgan fingerprint density at radius 3 is 2.47 bits per heavy atom. The summed E-state index contributed by atoms with van der Waals surface area (Å²) in [5.41, 5.74) is 2.01. The number of carbonyl (C=O) groups excluding carboxylic acids is 1. The maximum absolute atomic E-state index is 11.6. The minimum absolute atomic E-state index is 0.104. The van der Waals surface area contributed by atoms with Gasteiger partial charge in [-0.1, -0.05) is 26.0 Å². The molecule has 0 aliphatic rings. The summed E-state index contributed by atoms with van der Waals surface area (Å²) in [7, 11) is 0. The van der Waals surface area contributed by atoms with Gasteiger partial charge in [0.1, 0.15) is 0 Å². The van der Waals surface area contributed by atoms with Crippen LogP contribution in [0.4, 0.5) is 5.69 Å². The number of nitrogens with one attached hydrogen (secondary N) is 1. The van der Waals surface area contributed by atoms with E-state index in [1.165, 1.54) is 17.3 Å². The number of benzene rings is 1. The molecule has 0 spiro atoms. The molecule has 0 aliphatic carbocycles. The molecule has 1 aromatic rings. The van der Waals surface area contributed by atoms with E-state index < -0.39 is 6.10 Å². The summed E-state index contributed by atoms with van der Waals surface area (Å²) < 4.78 is 0. The highest BCUT2D eigenvalue weighted by Gasteiger charge is 2.06. The average Bonchev–Trinajstić information content (AvgIpc) is 2.39. The molecular weight excluding hydrogens is 262 g/mol. The van der Waals surface area contributed by atoms with Gasteiger partial charge in [0.15, 0.2) is 0 Å². The van der Waals surface area contributed by atoms with Gasteiger partial charge >= 0.3 is 0 Å². The summed E-state index contributed by atoms with van der Waals surface area (Å²) in [6.45, 7) is 3.97. The Morgan fingerprint density at radius 2 is 1.95 bits per heavy atom. The lowest BCUT2D eigenvalue weighted by Crippen LogP contribution is -2.19. The van der Waals surface area contributed by atoms with E-state index >= 15 is 0 Å². The predicted molar refractivity (Wildman–Crippen MR) is 79.6 cm³/mol. The van der Waals surface area contributed by atoms with Crippen LogP contribution in [0.15, 0.2) is 24.3 Å². The van der Waals surface area contributed by atoms with Crippen LogP contribution in [0, 0.1) is 0 Å². The normalized spacial score (nSPS) is 12.5. The third-order valence-corrected chi connectivity index (χ3v) is 3.70. The predicted octanol–water partition coefficient (Wildman–Crippen LogP) is 1.83. The summed E-state index contributed by atoms with van der Waals surface area (Å²) in [5, 5.41) is 20.6. The molecule has 106 valence electrons. The van der Waals surface area contributed by atoms with Crippen LogP contribution in [0.25, 0.3) is 0 Å². The molecule has 0 heterocycles. The first-order chi connectivity index (χ1) is 9.02. The SMILES string of the molecule is CC(C)c1ccc(NC(=O)CSCC(O)CO)cc1. The molecule has 0 fully saturated rings. The van der Waals surface area contributed by atoms with E-state index in [9.17, 15) is 4.79 Å². The van der Waals surface area contributed by atoms with Crippen LogP contribution in [0.2, 0.25) is 0 Å². The first kappa shape index (κ1) is 16.0. The van der Waals surface area contributed by atoms with Crippen molar-refractivity contribution in [3.63, 3.8) is 0 Å². The highest BCUT2D eigenvalue weighted by molar-refractivity contribution is 8.00. The van der Waals surface area contributed by atoms with Crippen molar-refractivity contribution < 1.29 is 15.0 Å². The first-order valence-electron chi connectivity index (χ1n) is 6.29. The molecule has 0 radical (unpaired) electrons. The molecule has 0 saturated carbocycles. The lowest BCUT2D eigenvalue weighted by molar-refractivity contribution is -0.113. The maximum Gasteiger partial charge on any atom is 0.234 e. The third kappa shape index (κ3) is 6.09. The molecule has 0 bridgehead atoms. The quantitative estimate of drug-likeness (QED) is 0.714. The lowest BCUT2D eigenvalue weighted by Gasteiger charge is -2.09. The van der Waals surface area contributed by atoms with Crippen LogP contribution in [0.5, 0.6) is 0 Å². The van der Waals surface area contributed by atoms with E-state index in [4.69, 9.17) is 10.2 Å². The largest absolute Gasteiger partial charge is 0.394 e. The van der Waals surface area contributed by atoms with E-state index in [2.05, 4.69) is 19.2 Å². The third-order valence-electron chi connectivity index (χ3n) is 2.62. The van der Waals surface area contributed by atoms with E-state index in [1.54, 1.807) is 0 Å². The summed E-state index contributed by atoms with van der Waals surface area (Å²) >= 11 is 1.30. The number of aliphatic hydroxyl groups excluding tert-OH is 2. The molecule has 1 rings (SSSR count). The fraction of sp³-hybridized carbons (Fsp3) is 0.500. The molecule has 19 heavy (non-hydrogen) atoms. The molecule has 0 aromatic heterocycles. The van der Waals surface area contributed by atoms with Crippen molar-refractivity contribution in [2.24, 2.45) is 0 Å². The van der Waals surface area contributed by atoms with Crippen LogP contribution in [0.1, 0.15) is 25.3 Å². The van der Waals surface area contributed by atoms with Gasteiger partial charge in [-0.2, -0.15) is 0 Å². The maximum atomic E-state index is 11.6. The van der Waals surface area contributed by atoms with Gasteiger partial charge in [0.2, 0.25) is 5.91 Å². The van der Waals surface area contributed by atoms with Gasteiger partial charge in [0.25, 0.3) is 0 Å².